The van der Waals surface area contributed by atoms with Gasteiger partial charge in [-0.1, -0.05) is 12.8 Å². The monoisotopic (exact) mass is 382 g/mol. The van der Waals surface area contributed by atoms with Crippen molar-refractivity contribution in [2.24, 2.45) is 0 Å². The minimum absolute atomic E-state index is 0.0947. The van der Waals surface area contributed by atoms with Gasteiger partial charge in [0.1, 0.15) is 24.4 Å². The summed E-state index contributed by atoms with van der Waals surface area (Å²) in [4.78, 5) is 0. The molecule has 0 aromatic heterocycles. The van der Waals surface area contributed by atoms with Crippen LogP contribution in [-0.2, 0) is 28.4 Å². The predicted molar refractivity (Wildman–Crippen MR) is 97.1 cm³/mol. The van der Waals surface area contributed by atoms with Gasteiger partial charge in [0, 0.05) is 25.7 Å². The second-order valence-electron chi connectivity index (χ2n) is 9.23. The van der Waals surface area contributed by atoms with Crippen LogP contribution >= 0.6 is 0 Å². The van der Waals surface area contributed by atoms with E-state index in [2.05, 4.69) is 13.8 Å². The summed E-state index contributed by atoms with van der Waals surface area (Å²) in [5.41, 5.74) is 0. The lowest BCUT2D eigenvalue weighted by molar-refractivity contribution is -0.264. The van der Waals surface area contributed by atoms with E-state index < -0.39 is 11.6 Å². The van der Waals surface area contributed by atoms with Crippen molar-refractivity contribution >= 4 is 0 Å². The van der Waals surface area contributed by atoms with E-state index in [-0.39, 0.29) is 36.8 Å². The Balaban J connectivity index is 1.30. The zero-order chi connectivity index (χ0) is 18.5. The topological polar surface area (TPSA) is 55.4 Å². The predicted octanol–water partition coefficient (Wildman–Crippen LogP) is 3.66. The van der Waals surface area contributed by atoms with E-state index in [4.69, 9.17) is 28.4 Å². The van der Waals surface area contributed by atoms with Gasteiger partial charge >= 0.3 is 0 Å². The molecule has 3 aliphatic heterocycles. The highest BCUT2D eigenvalue weighted by molar-refractivity contribution is 5.01. The third-order valence-corrected chi connectivity index (χ3v) is 6.79. The average Bonchev–Trinajstić information content (AvgIpc) is 3.29. The SMILES string of the molecule is CC(C)OC1C(C2COC3(CCCCC3)O2)OC2OC3(CCCCC3)OC21. The van der Waals surface area contributed by atoms with Crippen LogP contribution in [0.15, 0.2) is 0 Å². The third-order valence-electron chi connectivity index (χ3n) is 6.79. The zero-order valence-electron chi connectivity index (χ0n) is 16.7. The maximum atomic E-state index is 6.49. The summed E-state index contributed by atoms with van der Waals surface area (Å²) >= 11 is 0. The van der Waals surface area contributed by atoms with Gasteiger partial charge in [-0.3, -0.25) is 0 Å². The van der Waals surface area contributed by atoms with Gasteiger partial charge in [0.25, 0.3) is 0 Å². The fourth-order valence-corrected chi connectivity index (χ4v) is 5.54. The molecule has 5 unspecified atom stereocenters. The van der Waals surface area contributed by atoms with Crippen LogP contribution in [0.25, 0.3) is 0 Å². The van der Waals surface area contributed by atoms with E-state index in [0.717, 1.165) is 38.5 Å². The summed E-state index contributed by atoms with van der Waals surface area (Å²) in [7, 11) is 0. The van der Waals surface area contributed by atoms with Gasteiger partial charge in [0.05, 0.1) is 12.7 Å². The normalized spacial score (nSPS) is 43.0. The minimum Gasteiger partial charge on any atom is -0.370 e. The summed E-state index contributed by atoms with van der Waals surface area (Å²) < 4.78 is 38.1. The molecule has 0 radical (unpaired) electrons. The van der Waals surface area contributed by atoms with Gasteiger partial charge in [-0.05, 0) is 39.5 Å². The molecule has 0 amide bonds. The third kappa shape index (κ3) is 3.47. The first-order chi connectivity index (χ1) is 13.1. The Morgan fingerprint density at radius 2 is 1.44 bits per heavy atom. The summed E-state index contributed by atoms with van der Waals surface area (Å²) in [6.45, 7) is 4.68. The minimum atomic E-state index is -0.464. The Kier molecular flexibility index (Phi) is 5.02. The number of ether oxygens (including phenoxy) is 6. The Morgan fingerprint density at radius 1 is 0.778 bits per heavy atom. The lowest BCUT2D eigenvalue weighted by atomic mass is 9.94. The van der Waals surface area contributed by atoms with Crippen molar-refractivity contribution in [2.45, 2.75) is 126 Å². The fourth-order valence-electron chi connectivity index (χ4n) is 5.54. The van der Waals surface area contributed by atoms with E-state index in [9.17, 15) is 0 Å². The van der Waals surface area contributed by atoms with Gasteiger partial charge in [-0.2, -0.15) is 0 Å². The van der Waals surface area contributed by atoms with Crippen molar-refractivity contribution in [2.75, 3.05) is 6.61 Å². The fraction of sp³-hybridized carbons (Fsp3) is 1.00. The van der Waals surface area contributed by atoms with Gasteiger partial charge in [0.15, 0.2) is 17.9 Å². The maximum absolute atomic E-state index is 6.49. The Bertz CT molecular complexity index is 525. The van der Waals surface area contributed by atoms with Crippen LogP contribution in [0.3, 0.4) is 0 Å². The average molecular weight is 382 g/mol. The number of hydrogen-bond acceptors (Lipinski definition) is 6. The van der Waals surface area contributed by atoms with Crippen LogP contribution in [0.2, 0.25) is 0 Å². The molecule has 5 aliphatic rings. The molecule has 0 aromatic rings. The van der Waals surface area contributed by atoms with E-state index in [1.807, 2.05) is 0 Å². The maximum Gasteiger partial charge on any atom is 0.190 e. The van der Waals surface area contributed by atoms with Crippen molar-refractivity contribution in [1.29, 1.82) is 0 Å². The highest BCUT2D eigenvalue weighted by atomic mass is 16.9. The first kappa shape index (κ1) is 18.8. The van der Waals surface area contributed by atoms with Crippen molar-refractivity contribution in [3.8, 4) is 0 Å². The van der Waals surface area contributed by atoms with E-state index >= 15 is 0 Å². The van der Waals surface area contributed by atoms with Crippen LogP contribution in [0.1, 0.15) is 78.1 Å². The van der Waals surface area contributed by atoms with Gasteiger partial charge in [-0.15, -0.1) is 0 Å². The van der Waals surface area contributed by atoms with Crippen molar-refractivity contribution in [1.82, 2.24) is 0 Å². The van der Waals surface area contributed by atoms with Gasteiger partial charge in [0.2, 0.25) is 0 Å². The second-order valence-corrected chi connectivity index (χ2v) is 9.23. The van der Waals surface area contributed by atoms with Crippen LogP contribution in [0.4, 0.5) is 0 Å². The molecule has 3 saturated heterocycles. The van der Waals surface area contributed by atoms with E-state index in [1.165, 1.54) is 25.7 Å². The lowest BCUT2D eigenvalue weighted by Gasteiger charge is -2.36. The summed E-state index contributed by atoms with van der Waals surface area (Å²) in [6, 6.07) is 0. The van der Waals surface area contributed by atoms with Crippen molar-refractivity contribution in [3.05, 3.63) is 0 Å². The summed E-state index contributed by atoms with van der Waals surface area (Å²) in [5, 5.41) is 0. The molecule has 2 aliphatic carbocycles. The van der Waals surface area contributed by atoms with Crippen LogP contribution < -0.4 is 0 Å². The van der Waals surface area contributed by atoms with Crippen molar-refractivity contribution < 1.29 is 28.4 Å². The first-order valence-corrected chi connectivity index (χ1v) is 11.1. The molecule has 2 spiro atoms. The molecule has 0 bridgehead atoms. The molecule has 6 nitrogen and oxygen atoms in total. The lowest BCUT2D eigenvalue weighted by Crippen LogP contribution is -2.46. The standard InChI is InChI=1S/C21H34O6/c1-14(2)23-17-16(15-13-22-20(25-15)9-5-3-6-10-20)24-19-18(17)26-21(27-19)11-7-4-8-12-21/h14-19H,3-13H2,1-2H3. The Hall–Kier alpha value is -0.240. The first-order valence-electron chi connectivity index (χ1n) is 11.1. The molecular formula is C21H34O6. The Labute approximate surface area is 162 Å². The quantitative estimate of drug-likeness (QED) is 0.743. The molecule has 0 aromatic carbocycles. The zero-order valence-corrected chi connectivity index (χ0v) is 16.7. The van der Waals surface area contributed by atoms with E-state index in [0.29, 0.717) is 6.61 Å². The van der Waals surface area contributed by atoms with Crippen LogP contribution in [0, 0.1) is 0 Å². The molecule has 6 heteroatoms. The summed E-state index contributed by atoms with van der Waals surface area (Å²) in [5.74, 6) is -0.868. The number of fused-ring (bicyclic) bond motifs is 1. The number of rotatable bonds is 3. The second kappa shape index (κ2) is 7.22. The molecule has 5 fully saturated rings. The largest absolute Gasteiger partial charge is 0.370 e. The molecule has 5 atom stereocenters. The summed E-state index contributed by atoms with van der Waals surface area (Å²) in [6.07, 6.45) is 10.1. The molecule has 0 N–H and O–H groups in total. The smallest absolute Gasteiger partial charge is 0.190 e. The molecule has 3 heterocycles. The van der Waals surface area contributed by atoms with Crippen LogP contribution in [0.5, 0.6) is 0 Å². The van der Waals surface area contributed by atoms with Gasteiger partial charge in [-0.25, -0.2) is 0 Å². The molecular weight excluding hydrogens is 348 g/mol. The molecule has 2 saturated carbocycles. The highest BCUT2D eigenvalue weighted by Gasteiger charge is 2.61. The highest BCUT2D eigenvalue weighted by Crippen LogP contribution is 2.48. The Morgan fingerprint density at radius 3 is 2.11 bits per heavy atom. The van der Waals surface area contributed by atoms with Gasteiger partial charge < -0.3 is 28.4 Å². The van der Waals surface area contributed by atoms with Crippen LogP contribution in [-0.4, -0.2) is 55.0 Å². The van der Waals surface area contributed by atoms with E-state index in [1.54, 1.807) is 0 Å². The molecule has 27 heavy (non-hydrogen) atoms. The molecule has 154 valence electrons. The molecule has 5 rings (SSSR count). The van der Waals surface area contributed by atoms with Crippen molar-refractivity contribution in [3.63, 3.8) is 0 Å². The number of hydrogen-bond donors (Lipinski definition) is 0.